The van der Waals surface area contributed by atoms with Gasteiger partial charge >= 0.3 is 0 Å². The van der Waals surface area contributed by atoms with Crippen molar-refractivity contribution in [2.24, 2.45) is 7.05 Å². The Morgan fingerprint density at radius 1 is 1.15 bits per heavy atom. The number of hydrogen-bond donors (Lipinski definition) is 1. The second kappa shape index (κ2) is 8.62. The Morgan fingerprint density at radius 3 is 2.69 bits per heavy atom. The summed E-state index contributed by atoms with van der Waals surface area (Å²) in [6.45, 7) is 2.52. The van der Waals surface area contributed by atoms with Gasteiger partial charge in [-0.1, -0.05) is 35.5 Å². The van der Waals surface area contributed by atoms with Gasteiger partial charge in [-0.05, 0) is 31.2 Å². The Kier molecular flexibility index (Phi) is 6.01. The van der Waals surface area contributed by atoms with Gasteiger partial charge in [-0.2, -0.15) is 0 Å². The molecule has 1 aromatic carbocycles. The highest BCUT2D eigenvalue weighted by atomic mass is 32.2. The Balaban J connectivity index is 1.50. The molecule has 0 aliphatic carbocycles. The lowest BCUT2D eigenvalue weighted by Crippen LogP contribution is -2.26. The summed E-state index contributed by atoms with van der Waals surface area (Å²) in [5.41, 5.74) is 2.81. The molecule has 0 fully saturated rings. The molecule has 2 heterocycles. The molecule has 0 radical (unpaired) electrons. The highest BCUT2D eigenvalue weighted by Crippen LogP contribution is 2.19. The first kappa shape index (κ1) is 18.1. The maximum Gasteiger partial charge on any atom is 0.251 e. The number of aromatic nitrogens is 4. The molecule has 2 aromatic heterocycles. The van der Waals surface area contributed by atoms with Crippen LogP contribution in [0.3, 0.4) is 0 Å². The molecule has 0 bridgehead atoms. The van der Waals surface area contributed by atoms with Crippen LogP contribution >= 0.6 is 11.8 Å². The van der Waals surface area contributed by atoms with Crippen LogP contribution in [0.2, 0.25) is 0 Å². The average molecular weight is 367 g/mol. The lowest BCUT2D eigenvalue weighted by Gasteiger charge is -2.06. The molecule has 0 saturated carbocycles. The lowest BCUT2D eigenvalue weighted by atomic mass is 10.1. The molecular formula is C19H21N5OS. The third-order valence-corrected chi connectivity index (χ3v) is 5.00. The van der Waals surface area contributed by atoms with Crippen molar-refractivity contribution >= 4 is 17.7 Å². The molecule has 134 valence electrons. The summed E-state index contributed by atoms with van der Waals surface area (Å²) in [5.74, 6) is 1.52. The van der Waals surface area contributed by atoms with E-state index >= 15 is 0 Å². The third kappa shape index (κ3) is 4.70. The second-order valence-electron chi connectivity index (χ2n) is 5.94. The zero-order valence-electron chi connectivity index (χ0n) is 14.8. The maximum atomic E-state index is 12.1. The van der Waals surface area contributed by atoms with E-state index in [1.54, 1.807) is 18.0 Å². The molecule has 0 saturated heterocycles. The molecule has 6 nitrogen and oxygen atoms in total. The third-order valence-electron chi connectivity index (χ3n) is 3.95. The van der Waals surface area contributed by atoms with Gasteiger partial charge in [0.05, 0.1) is 5.69 Å². The first-order valence-electron chi connectivity index (χ1n) is 8.39. The number of benzene rings is 1. The lowest BCUT2D eigenvalue weighted by molar-refractivity contribution is 0.0954. The van der Waals surface area contributed by atoms with Crippen molar-refractivity contribution < 1.29 is 4.79 Å². The van der Waals surface area contributed by atoms with E-state index in [1.807, 2.05) is 61.0 Å². The van der Waals surface area contributed by atoms with Crippen LogP contribution in [0.1, 0.15) is 27.4 Å². The van der Waals surface area contributed by atoms with E-state index in [1.165, 1.54) is 0 Å². The summed E-state index contributed by atoms with van der Waals surface area (Å²) in [6.07, 6.45) is 2.42. The summed E-state index contributed by atoms with van der Waals surface area (Å²) >= 11 is 1.60. The molecule has 3 rings (SSSR count). The van der Waals surface area contributed by atoms with E-state index < -0.39 is 0 Å². The Hall–Kier alpha value is -2.67. The number of rotatable bonds is 7. The van der Waals surface area contributed by atoms with Crippen LogP contribution < -0.4 is 5.32 Å². The molecule has 1 amide bonds. The van der Waals surface area contributed by atoms with Gasteiger partial charge in [0.1, 0.15) is 5.82 Å². The number of hydrogen-bond acceptors (Lipinski definition) is 5. The van der Waals surface area contributed by atoms with Crippen molar-refractivity contribution in [2.75, 3.05) is 6.54 Å². The molecular weight excluding hydrogens is 346 g/mol. The van der Waals surface area contributed by atoms with Gasteiger partial charge in [0.15, 0.2) is 5.16 Å². The fourth-order valence-electron chi connectivity index (χ4n) is 2.41. The van der Waals surface area contributed by atoms with Crippen molar-refractivity contribution in [1.29, 1.82) is 0 Å². The van der Waals surface area contributed by atoms with E-state index in [4.69, 9.17) is 0 Å². The van der Waals surface area contributed by atoms with Gasteiger partial charge < -0.3 is 9.88 Å². The smallest absolute Gasteiger partial charge is 0.251 e. The molecule has 0 spiro atoms. The molecule has 7 heteroatoms. The normalized spacial score (nSPS) is 10.7. The number of aryl methyl sites for hydroxylation is 1. The SMILES string of the molecule is Cc1ccc(C(=O)NCCc2nnc(SCc3ccccn3)n2C)cc1. The number of nitrogens with one attached hydrogen (secondary N) is 1. The molecule has 1 N–H and O–H groups in total. The van der Waals surface area contributed by atoms with Crippen molar-refractivity contribution in [3.8, 4) is 0 Å². The van der Waals surface area contributed by atoms with E-state index in [2.05, 4.69) is 20.5 Å². The van der Waals surface area contributed by atoms with Crippen LogP contribution in [0.15, 0.2) is 53.8 Å². The van der Waals surface area contributed by atoms with Gasteiger partial charge in [0.25, 0.3) is 5.91 Å². The molecule has 0 aliphatic heterocycles. The van der Waals surface area contributed by atoms with Crippen LogP contribution in [0.25, 0.3) is 0 Å². The number of thioether (sulfide) groups is 1. The average Bonchev–Trinajstić information content (AvgIpc) is 3.01. The van der Waals surface area contributed by atoms with Crippen molar-refractivity contribution in [3.05, 3.63) is 71.3 Å². The van der Waals surface area contributed by atoms with Crippen LogP contribution in [-0.4, -0.2) is 32.2 Å². The minimum Gasteiger partial charge on any atom is -0.352 e. The number of amides is 1. The zero-order valence-corrected chi connectivity index (χ0v) is 15.7. The maximum absolute atomic E-state index is 12.1. The topological polar surface area (TPSA) is 72.7 Å². The number of nitrogens with zero attached hydrogens (tertiary/aromatic N) is 4. The van der Waals surface area contributed by atoms with Crippen molar-refractivity contribution in [1.82, 2.24) is 25.1 Å². The molecule has 26 heavy (non-hydrogen) atoms. The van der Waals surface area contributed by atoms with Gasteiger partial charge in [-0.25, -0.2) is 0 Å². The van der Waals surface area contributed by atoms with Crippen LogP contribution in [0.4, 0.5) is 0 Å². The van der Waals surface area contributed by atoms with Gasteiger partial charge in [0.2, 0.25) is 0 Å². The van der Waals surface area contributed by atoms with Crippen LogP contribution in [-0.2, 0) is 19.2 Å². The fourth-order valence-corrected chi connectivity index (χ4v) is 3.25. The van der Waals surface area contributed by atoms with E-state index in [-0.39, 0.29) is 5.91 Å². The van der Waals surface area contributed by atoms with Crippen molar-refractivity contribution in [3.63, 3.8) is 0 Å². The molecule has 0 unspecified atom stereocenters. The second-order valence-corrected chi connectivity index (χ2v) is 6.88. The quantitative estimate of drug-likeness (QED) is 0.650. The number of carbonyl (C=O) groups excluding carboxylic acids is 1. The molecule has 0 aliphatic rings. The monoisotopic (exact) mass is 367 g/mol. The fraction of sp³-hybridized carbons (Fsp3) is 0.263. The number of pyridine rings is 1. The van der Waals surface area contributed by atoms with Crippen LogP contribution in [0.5, 0.6) is 0 Å². The van der Waals surface area contributed by atoms with E-state index in [0.717, 1.165) is 28.0 Å². The minimum absolute atomic E-state index is 0.0723. The van der Waals surface area contributed by atoms with Gasteiger partial charge in [0, 0.05) is 37.5 Å². The predicted molar refractivity (Wildman–Crippen MR) is 102 cm³/mol. The highest BCUT2D eigenvalue weighted by Gasteiger charge is 2.11. The summed E-state index contributed by atoms with van der Waals surface area (Å²) in [5, 5.41) is 12.2. The summed E-state index contributed by atoms with van der Waals surface area (Å²) in [4.78, 5) is 16.4. The zero-order chi connectivity index (χ0) is 18.4. The molecule has 0 atom stereocenters. The Morgan fingerprint density at radius 2 is 1.96 bits per heavy atom. The van der Waals surface area contributed by atoms with E-state index in [0.29, 0.717) is 18.5 Å². The van der Waals surface area contributed by atoms with E-state index in [9.17, 15) is 4.79 Å². The largest absolute Gasteiger partial charge is 0.352 e. The van der Waals surface area contributed by atoms with Gasteiger partial charge in [-0.15, -0.1) is 10.2 Å². The highest BCUT2D eigenvalue weighted by molar-refractivity contribution is 7.98. The first-order chi connectivity index (χ1) is 12.6. The predicted octanol–water partition coefficient (Wildman–Crippen LogP) is 2.78. The first-order valence-corrected chi connectivity index (χ1v) is 9.38. The Labute approximate surface area is 157 Å². The van der Waals surface area contributed by atoms with Crippen molar-refractivity contribution in [2.45, 2.75) is 24.3 Å². The molecule has 3 aromatic rings. The minimum atomic E-state index is -0.0723. The van der Waals surface area contributed by atoms with Crippen LogP contribution in [0, 0.1) is 6.92 Å². The number of carbonyl (C=O) groups is 1. The summed E-state index contributed by atoms with van der Waals surface area (Å²) in [7, 11) is 1.94. The Bertz CT molecular complexity index is 861. The standard InChI is InChI=1S/C19H21N5OS/c1-14-6-8-15(9-7-14)18(25)21-12-10-17-22-23-19(24(17)2)26-13-16-5-3-4-11-20-16/h3-9,11H,10,12-13H2,1-2H3,(H,21,25). The van der Waals surface area contributed by atoms with Gasteiger partial charge in [-0.3, -0.25) is 9.78 Å². The summed E-state index contributed by atoms with van der Waals surface area (Å²) < 4.78 is 1.96. The summed E-state index contributed by atoms with van der Waals surface area (Å²) in [6, 6.07) is 13.4.